The molecule has 0 atom stereocenters. The van der Waals surface area contributed by atoms with Crippen LogP contribution in [0.3, 0.4) is 0 Å². The summed E-state index contributed by atoms with van der Waals surface area (Å²) in [7, 11) is -3.67. The molecule has 6 nitrogen and oxygen atoms in total. The van der Waals surface area contributed by atoms with Crippen LogP contribution in [-0.4, -0.2) is 31.5 Å². The molecule has 0 bridgehead atoms. The van der Waals surface area contributed by atoms with Crippen LogP contribution in [0.4, 0.5) is 0 Å². The van der Waals surface area contributed by atoms with E-state index in [1.807, 2.05) is 51.1 Å². The quantitative estimate of drug-likeness (QED) is 0.363. The fraction of sp³-hybridized carbons (Fsp3) is 0.400. The second kappa shape index (κ2) is 11.1. The maximum atomic E-state index is 12.9. The number of sulfonamides is 1. The van der Waals surface area contributed by atoms with Crippen molar-refractivity contribution < 1.29 is 17.9 Å². The summed E-state index contributed by atoms with van der Waals surface area (Å²) in [4.78, 5) is 13.0. The van der Waals surface area contributed by atoms with Gasteiger partial charge in [0.15, 0.2) is 0 Å². The van der Waals surface area contributed by atoms with Crippen molar-refractivity contribution in [2.24, 2.45) is 0 Å². The zero-order valence-corrected chi connectivity index (χ0v) is 21.9. The maximum absolute atomic E-state index is 12.9. The summed E-state index contributed by atoms with van der Waals surface area (Å²) in [5.41, 5.74) is 2.20. The predicted molar refractivity (Wildman–Crippen MR) is 138 cm³/mol. The summed E-state index contributed by atoms with van der Waals surface area (Å²) in [6, 6.07) is 12.6. The zero-order valence-electron chi connectivity index (χ0n) is 19.5. The first-order valence-corrected chi connectivity index (χ1v) is 13.4. The Morgan fingerprint density at radius 2 is 1.74 bits per heavy atom. The molecule has 0 saturated heterocycles. The van der Waals surface area contributed by atoms with Crippen molar-refractivity contribution in [1.82, 2.24) is 9.71 Å². The Balaban J connectivity index is 0.000000406. The second-order valence-corrected chi connectivity index (χ2v) is 11.9. The van der Waals surface area contributed by atoms with Crippen molar-refractivity contribution in [3.63, 3.8) is 0 Å². The number of carbonyl (C=O) groups is 1. The second-order valence-electron chi connectivity index (χ2n) is 9.34. The highest BCUT2D eigenvalue weighted by Gasteiger charge is 2.24. The number of rotatable bonds is 5. The first-order chi connectivity index (χ1) is 16.0. The molecule has 2 N–H and O–H groups in total. The number of benzene rings is 2. The molecule has 1 saturated carbocycles. The fourth-order valence-corrected chi connectivity index (χ4v) is 5.79. The molecule has 1 aliphatic rings. The lowest BCUT2D eigenvalue weighted by Gasteiger charge is -2.23. The lowest BCUT2D eigenvalue weighted by Crippen LogP contribution is -2.36. The topological polar surface area (TPSA) is 88.3 Å². The molecule has 1 aliphatic carbocycles. The number of fused-ring (bicyclic) bond motifs is 1. The molecule has 0 amide bonds. The summed E-state index contributed by atoms with van der Waals surface area (Å²) >= 11 is 12.3. The van der Waals surface area contributed by atoms with E-state index >= 15 is 0 Å². The molecule has 9 heteroatoms. The van der Waals surface area contributed by atoms with Crippen LogP contribution in [0, 0.1) is 0 Å². The number of aromatic amines is 1. The maximum Gasteiger partial charge on any atom is 0.293 e. The number of H-pyrrole nitrogens is 1. The van der Waals surface area contributed by atoms with Gasteiger partial charge < -0.3 is 9.72 Å². The van der Waals surface area contributed by atoms with Crippen molar-refractivity contribution in [1.29, 1.82) is 0 Å². The number of ether oxygens (including phenoxy) is 1. The minimum absolute atomic E-state index is 0.0151. The van der Waals surface area contributed by atoms with E-state index < -0.39 is 10.0 Å². The Labute approximate surface area is 211 Å². The zero-order chi connectivity index (χ0) is 24.9. The number of carbonyl (C=O) groups excluding carboxylic acids is 1. The summed E-state index contributed by atoms with van der Waals surface area (Å²) in [5.74, 6) is 0. The average Bonchev–Trinajstić information content (AvgIpc) is 3.17. The van der Waals surface area contributed by atoms with Gasteiger partial charge in [0.1, 0.15) is 10.5 Å². The van der Waals surface area contributed by atoms with Crippen LogP contribution in [0.2, 0.25) is 10.0 Å². The Hall–Kier alpha value is -2.06. The molecule has 1 aromatic heterocycles. The fourth-order valence-electron chi connectivity index (χ4n) is 3.78. The molecule has 1 heterocycles. The minimum Gasteiger partial charge on any atom is -0.462 e. The number of nitrogens with one attached hydrogen (secondary N) is 2. The van der Waals surface area contributed by atoms with Gasteiger partial charge in [-0.05, 0) is 75.6 Å². The Bertz CT molecular complexity index is 1240. The van der Waals surface area contributed by atoms with Gasteiger partial charge >= 0.3 is 0 Å². The van der Waals surface area contributed by atoms with Gasteiger partial charge in [-0.2, -0.15) is 0 Å². The van der Waals surface area contributed by atoms with Crippen molar-refractivity contribution in [2.45, 2.75) is 69.4 Å². The number of halogens is 2. The molecule has 0 spiro atoms. The summed E-state index contributed by atoms with van der Waals surface area (Å²) in [5, 5.41) is 1.85. The largest absolute Gasteiger partial charge is 0.462 e. The van der Waals surface area contributed by atoms with Gasteiger partial charge in [0, 0.05) is 27.7 Å². The summed E-state index contributed by atoms with van der Waals surface area (Å²) < 4.78 is 33.2. The van der Waals surface area contributed by atoms with Crippen molar-refractivity contribution in [2.75, 3.05) is 0 Å². The van der Waals surface area contributed by atoms with Crippen LogP contribution in [0.1, 0.15) is 52.9 Å². The highest BCUT2D eigenvalue weighted by molar-refractivity contribution is 7.89. The van der Waals surface area contributed by atoms with E-state index in [9.17, 15) is 13.2 Å². The van der Waals surface area contributed by atoms with Crippen molar-refractivity contribution in [3.05, 3.63) is 52.5 Å². The summed E-state index contributed by atoms with van der Waals surface area (Å²) in [6.07, 6.45) is 5.02. The Morgan fingerprint density at radius 1 is 1.03 bits per heavy atom. The van der Waals surface area contributed by atoms with Crippen molar-refractivity contribution in [3.8, 4) is 11.3 Å². The van der Waals surface area contributed by atoms with Crippen LogP contribution in [-0.2, 0) is 19.6 Å². The monoisotopic (exact) mass is 524 g/mol. The molecule has 3 aromatic rings. The van der Waals surface area contributed by atoms with Crippen molar-refractivity contribution >= 4 is 50.6 Å². The van der Waals surface area contributed by atoms with Gasteiger partial charge in [-0.15, -0.1) is 0 Å². The van der Waals surface area contributed by atoms with E-state index in [4.69, 9.17) is 23.2 Å². The van der Waals surface area contributed by atoms with E-state index in [-0.39, 0.29) is 21.6 Å². The molecular weight excluding hydrogens is 495 g/mol. The highest BCUT2D eigenvalue weighted by Crippen LogP contribution is 2.31. The minimum atomic E-state index is -3.67. The third-order valence-electron chi connectivity index (χ3n) is 5.44. The van der Waals surface area contributed by atoms with E-state index in [0.29, 0.717) is 11.5 Å². The SMILES string of the molecule is CC(C)(C)OC=O.O=S(=O)(NC1CCCCC1)c1cc(-c2cc3cc(Cl)ccc3[nH]2)ccc1Cl. The van der Waals surface area contributed by atoms with E-state index in [1.54, 1.807) is 12.1 Å². The standard InChI is InChI=1S/C20H20Cl2N2O2S.C5H10O2/c21-15-7-9-18-14(10-15)11-19(23-18)13-6-8-17(22)20(12-13)27(25,26)24-16-4-2-1-3-5-16;1-5(2,3)7-4-6/h6-12,16,23-24H,1-5H2;4H,1-3H3. The number of hydrogen-bond donors (Lipinski definition) is 2. The molecule has 0 aliphatic heterocycles. The van der Waals surface area contributed by atoms with Gasteiger partial charge in [0.2, 0.25) is 10.0 Å². The van der Waals surface area contributed by atoms with Crippen LogP contribution in [0.15, 0.2) is 47.4 Å². The van der Waals surface area contributed by atoms with Crippen LogP contribution >= 0.6 is 23.2 Å². The van der Waals surface area contributed by atoms with E-state index in [2.05, 4.69) is 14.4 Å². The third kappa shape index (κ3) is 7.22. The summed E-state index contributed by atoms with van der Waals surface area (Å²) in [6.45, 7) is 5.92. The smallest absolute Gasteiger partial charge is 0.293 e. The molecule has 4 rings (SSSR count). The highest BCUT2D eigenvalue weighted by atomic mass is 35.5. The van der Waals surface area contributed by atoms with Gasteiger partial charge in [-0.1, -0.05) is 48.5 Å². The molecule has 34 heavy (non-hydrogen) atoms. The number of aromatic nitrogens is 1. The lowest BCUT2D eigenvalue weighted by atomic mass is 9.96. The van der Waals surface area contributed by atoms with Gasteiger partial charge in [0.25, 0.3) is 6.47 Å². The van der Waals surface area contributed by atoms with E-state index in [0.717, 1.165) is 47.8 Å². The van der Waals surface area contributed by atoms with Gasteiger partial charge in [-0.25, -0.2) is 13.1 Å². The van der Waals surface area contributed by atoms with Gasteiger partial charge in [0.05, 0.1) is 5.02 Å². The van der Waals surface area contributed by atoms with Crippen LogP contribution in [0.25, 0.3) is 22.2 Å². The van der Waals surface area contributed by atoms with Crippen LogP contribution in [0.5, 0.6) is 0 Å². The predicted octanol–water partition coefficient (Wildman–Crippen LogP) is 6.71. The molecule has 1 fully saturated rings. The number of hydrogen-bond acceptors (Lipinski definition) is 4. The molecule has 0 unspecified atom stereocenters. The lowest BCUT2D eigenvalue weighted by molar-refractivity contribution is -0.138. The third-order valence-corrected chi connectivity index (χ3v) is 7.68. The molecule has 0 radical (unpaired) electrons. The first-order valence-electron chi connectivity index (χ1n) is 11.2. The van der Waals surface area contributed by atoms with Crippen LogP contribution < -0.4 is 4.72 Å². The average molecular weight is 525 g/mol. The van der Waals surface area contributed by atoms with E-state index in [1.165, 1.54) is 6.42 Å². The first kappa shape index (κ1) is 26.5. The van der Waals surface area contributed by atoms with Gasteiger partial charge in [-0.3, -0.25) is 4.79 Å². The normalized spacial score (nSPS) is 15.0. The molecule has 184 valence electrons. The Kier molecular flexibility index (Phi) is 8.68. The Morgan fingerprint density at radius 3 is 2.35 bits per heavy atom. The molecule has 2 aromatic carbocycles. The molecular formula is C25H30Cl2N2O4S.